The first-order chi connectivity index (χ1) is 14.3. The number of hydrogen-bond donors (Lipinski definition) is 0. The molecule has 0 unspecified atom stereocenters. The lowest BCUT2D eigenvalue weighted by Crippen LogP contribution is -2.04. The maximum Gasteiger partial charge on any atom is 0.416 e. The first-order valence-corrected chi connectivity index (χ1v) is 10.3. The Morgan fingerprint density at radius 2 is 1.73 bits per heavy atom. The fourth-order valence-corrected chi connectivity index (χ4v) is 3.83. The number of alkyl halides is 3. The molecule has 0 heterocycles. The minimum atomic E-state index is -4.46. The van der Waals surface area contributed by atoms with E-state index in [0.717, 1.165) is 26.6 Å². The molecule has 0 aromatic heterocycles. The molecule has 0 saturated heterocycles. The number of nitrogens with zero attached hydrogens (tertiary/aromatic N) is 1. The molecular weight excluding hydrogens is 523 g/mol. The minimum absolute atomic E-state index is 0.147. The van der Waals surface area contributed by atoms with Crippen molar-refractivity contribution < 1.29 is 17.9 Å². The molecule has 2 nitrogen and oxygen atoms in total. The van der Waals surface area contributed by atoms with Crippen LogP contribution in [0.5, 0.6) is 5.75 Å². The first-order valence-electron chi connectivity index (χ1n) is 8.72. The van der Waals surface area contributed by atoms with E-state index in [4.69, 9.17) is 4.74 Å². The van der Waals surface area contributed by atoms with E-state index in [0.29, 0.717) is 17.9 Å². The summed E-state index contributed by atoms with van der Waals surface area (Å²) in [6.45, 7) is 0.372. The number of ether oxygens (including phenoxy) is 1. The van der Waals surface area contributed by atoms with Crippen molar-refractivity contribution in [2.75, 3.05) is 0 Å². The summed E-state index contributed by atoms with van der Waals surface area (Å²) in [4.78, 5) is 0. The molecule has 0 bridgehead atoms. The highest BCUT2D eigenvalue weighted by molar-refractivity contribution is 9.11. The Morgan fingerprint density at radius 3 is 2.37 bits per heavy atom. The average molecular weight is 537 g/mol. The van der Waals surface area contributed by atoms with Crippen LogP contribution >= 0.6 is 31.9 Å². The van der Waals surface area contributed by atoms with Crippen LogP contribution in [0.2, 0.25) is 0 Å². The van der Waals surface area contributed by atoms with Crippen molar-refractivity contribution in [2.45, 2.75) is 12.8 Å². The molecule has 0 aliphatic rings. The van der Waals surface area contributed by atoms with Crippen LogP contribution in [0.15, 0.2) is 75.7 Å². The zero-order chi connectivity index (χ0) is 21.7. The molecule has 7 heteroatoms. The van der Waals surface area contributed by atoms with Gasteiger partial charge in [0.1, 0.15) is 12.4 Å². The van der Waals surface area contributed by atoms with Crippen LogP contribution in [0.1, 0.15) is 22.3 Å². The van der Waals surface area contributed by atoms with Gasteiger partial charge in [-0.3, -0.25) is 0 Å². The summed E-state index contributed by atoms with van der Waals surface area (Å²) >= 11 is 6.89. The van der Waals surface area contributed by atoms with Gasteiger partial charge in [-0.25, -0.2) is 0 Å². The molecule has 3 aromatic rings. The zero-order valence-electron chi connectivity index (χ0n) is 15.4. The minimum Gasteiger partial charge on any atom is -0.489 e. The monoisotopic (exact) mass is 535 g/mol. The summed E-state index contributed by atoms with van der Waals surface area (Å²) in [5.41, 5.74) is 1.24. The zero-order valence-corrected chi connectivity index (χ0v) is 18.6. The second kappa shape index (κ2) is 9.50. The summed E-state index contributed by atoms with van der Waals surface area (Å²) in [7, 11) is 0. The van der Waals surface area contributed by atoms with Crippen molar-refractivity contribution >= 4 is 43.5 Å². The van der Waals surface area contributed by atoms with Crippen molar-refractivity contribution in [2.24, 2.45) is 0 Å². The summed E-state index contributed by atoms with van der Waals surface area (Å²) in [6, 6.07) is 19.5. The number of allylic oxidation sites excluding steroid dienone is 1. The Balaban J connectivity index is 1.75. The molecule has 3 rings (SSSR count). The summed E-state index contributed by atoms with van der Waals surface area (Å²) in [5, 5.41) is 9.41. The van der Waals surface area contributed by atoms with Crippen molar-refractivity contribution in [1.82, 2.24) is 0 Å². The van der Waals surface area contributed by atoms with Crippen molar-refractivity contribution in [1.29, 1.82) is 5.26 Å². The summed E-state index contributed by atoms with van der Waals surface area (Å²) < 4.78 is 46.4. The van der Waals surface area contributed by atoms with Crippen LogP contribution in [0.3, 0.4) is 0 Å². The molecule has 0 saturated carbocycles. The Bertz CT molecular complexity index is 1120. The standard InChI is InChI=1S/C23H14Br2F3NO/c24-20-7-6-17(22(25)12-20)14-30-21-8-4-15(5-9-21)10-18(13-29)16-2-1-3-19(11-16)23(26,27)28/h1-12H,14H2/b18-10-. The van der Waals surface area contributed by atoms with Crippen LogP contribution in [0.4, 0.5) is 13.2 Å². The highest BCUT2D eigenvalue weighted by atomic mass is 79.9. The third-order valence-corrected chi connectivity index (χ3v) is 5.45. The highest BCUT2D eigenvalue weighted by Crippen LogP contribution is 2.31. The average Bonchev–Trinajstić information content (AvgIpc) is 2.72. The third-order valence-electron chi connectivity index (χ3n) is 4.22. The lowest BCUT2D eigenvalue weighted by Gasteiger charge is -2.09. The smallest absolute Gasteiger partial charge is 0.416 e. The molecular formula is C23H14Br2F3NO. The van der Waals surface area contributed by atoms with Gasteiger partial charge in [0.05, 0.1) is 17.2 Å². The van der Waals surface area contributed by atoms with Gasteiger partial charge in [-0.05, 0) is 53.6 Å². The molecule has 152 valence electrons. The Kier molecular flexibility index (Phi) is 7.01. The van der Waals surface area contributed by atoms with E-state index in [1.165, 1.54) is 12.1 Å². The highest BCUT2D eigenvalue weighted by Gasteiger charge is 2.30. The molecule has 0 aliphatic carbocycles. The quantitative estimate of drug-likeness (QED) is 0.245. The third kappa shape index (κ3) is 5.74. The van der Waals surface area contributed by atoms with E-state index in [1.807, 2.05) is 24.3 Å². The number of rotatable bonds is 5. The fraction of sp³-hybridized carbons (Fsp3) is 0.0870. The molecule has 3 aromatic carbocycles. The Labute approximate surface area is 188 Å². The number of hydrogen-bond acceptors (Lipinski definition) is 2. The maximum atomic E-state index is 12.9. The normalized spacial score (nSPS) is 11.8. The molecule has 30 heavy (non-hydrogen) atoms. The van der Waals surface area contributed by atoms with Crippen molar-refractivity contribution in [3.8, 4) is 11.8 Å². The maximum absolute atomic E-state index is 12.9. The van der Waals surface area contributed by atoms with E-state index in [1.54, 1.807) is 30.3 Å². The van der Waals surface area contributed by atoms with E-state index < -0.39 is 11.7 Å². The fourth-order valence-electron chi connectivity index (χ4n) is 2.67. The van der Waals surface area contributed by atoms with Crippen LogP contribution in [-0.4, -0.2) is 0 Å². The lowest BCUT2D eigenvalue weighted by atomic mass is 10.0. The number of halogens is 5. The molecule has 0 N–H and O–H groups in total. The largest absolute Gasteiger partial charge is 0.489 e. The Morgan fingerprint density at radius 1 is 1.00 bits per heavy atom. The van der Waals surface area contributed by atoms with Gasteiger partial charge >= 0.3 is 6.18 Å². The number of nitriles is 1. The Hall–Kier alpha value is -2.56. The van der Waals surface area contributed by atoms with Gasteiger partial charge in [-0.1, -0.05) is 62.2 Å². The van der Waals surface area contributed by atoms with Gasteiger partial charge < -0.3 is 4.74 Å². The SMILES string of the molecule is N#C/C(=C/c1ccc(OCc2ccc(Br)cc2Br)cc1)c1cccc(C(F)(F)F)c1. The van der Waals surface area contributed by atoms with Crippen LogP contribution in [-0.2, 0) is 12.8 Å². The summed E-state index contributed by atoms with van der Waals surface area (Å²) in [5.74, 6) is 0.638. The molecule has 0 spiro atoms. The van der Waals surface area contributed by atoms with Crippen LogP contribution in [0, 0.1) is 11.3 Å². The van der Waals surface area contributed by atoms with E-state index in [-0.39, 0.29) is 11.1 Å². The second-order valence-electron chi connectivity index (χ2n) is 6.34. The topological polar surface area (TPSA) is 33.0 Å². The molecule has 0 atom stereocenters. The summed E-state index contributed by atoms with van der Waals surface area (Å²) in [6.07, 6.45) is -2.91. The van der Waals surface area contributed by atoms with Gasteiger partial charge in [0.15, 0.2) is 0 Å². The van der Waals surface area contributed by atoms with Gasteiger partial charge in [-0.15, -0.1) is 0 Å². The van der Waals surface area contributed by atoms with Crippen molar-refractivity contribution in [3.63, 3.8) is 0 Å². The van der Waals surface area contributed by atoms with E-state index >= 15 is 0 Å². The molecule has 0 radical (unpaired) electrons. The van der Waals surface area contributed by atoms with Gasteiger partial charge in [0, 0.05) is 14.5 Å². The lowest BCUT2D eigenvalue weighted by molar-refractivity contribution is -0.137. The van der Waals surface area contributed by atoms with E-state index in [9.17, 15) is 18.4 Å². The predicted octanol–water partition coefficient (Wildman–Crippen LogP) is 7.87. The first kappa shape index (κ1) is 22.1. The number of benzene rings is 3. The van der Waals surface area contributed by atoms with Crippen molar-refractivity contribution in [3.05, 3.63) is 97.9 Å². The van der Waals surface area contributed by atoms with E-state index in [2.05, 4.69) is 31.9 Å². The van der Waals surface area contributed by atoms with Gasteiger partial charge in [-0.2, -0.15) is 18.4 Å². The van der Waals surface area contributed by atoms with Crippen LogP contribution < -0.4 is 4.74 Å². The van der Waals surface area contributed by atoms with Gasteiger partial charge in [0.2, 0.25) is 0 Å². The predicted molar refractivity (Wildman–Crippen MR) is 118 cm³/mol. The molecule has 0 fully saturated rings. The van der Waals surface area contributed by atoms with Gasteiger partial charge in [0.25, 0.3) is 0 Å². The van der Waals surface area contributed by atoms with Crippen LogP contribution in [0.25, 0.3) is 11.6 Å². The molecule has 0 amide bonds. The second-order valence-corrected chi connectivity index (χ2v) is 8.11. The molecule has 0 aliphatic heterocycles.